The number of amidine groups is 1. The largest absolute Gasteiger partial charge is 0.402 e. The van der Waals surface area contributed by atoms with Crippen molar-refractivity contribution >= 4 is 5.84 Å². The molecule has 4 nitrogen and oxygen atoms in total. The number of nitrogens with two attached hydrogens (primary N) is 3. The molecule has 1 aliphatic carbocycles. The van der Waals surface area contributed by atoms with Crippen molar-refractivity contribution in [1.82, 2.24) is 0 Å². The summed E-state index contributed by atoms with van der Waals surface area (Å²) in [5.41, 5.74) is 12.8. The molecule has 0 aliphatic heterocycles. The summed E-state index contributed by atoms with van der Waals surface area (Å²) >= 11 is 0. The first-order valence-electron chi connectivity index (χ1n) is 3.27. The van der Waals surface area contributed by atoms with Crippen LogP contribution in [-0.2, 0) is 0 Å². The maximum absolute atomic E-state index is 5.62. The average Bonchev–Trinajstić information content (AvgIpc) is 2.34. The van der Waals surface area contributed by atoms with E-state index in [-0.39, 0.29) is 0 Å². The van der Waals surface area contributed by atoms with E-state index in [9.17, 15) is 0 Å². The molecule has 0 aromatic carbocycles. The average molecular weight is 140 g/mol. The summed E-state index contributed by atoms with van der Waals surface area (Å²) < 4.78 is 0. The Kier molecular flexibility index (Phi) is 1.80. The summed E-state index contributed by atoms with van der Waals surface area (Å²) in [7, 11) is 0. The first kappa shape index (κ1) is 6.92. The molecule has 10 heavy (non-hydrogen) atoms. The van der Waals surface area contributed by atoms with Crippen LogP contribution in [0, 0.1) is 0 Å². The third-order valence-corrected chi connectivity index (χ3v) is 1.71. The highest BCUT2D eigenvalue weighted by Crippen LogP contribution is 2.21. The van der Waals surface area contributed by atoms with Gasteiger partial charge in [-0.05, 0) is 19.3 Å². The van der Waals surface area contributed by atoms with Gasteiger partial charge in [0.1, 0.15) is 5.84 Å². The van der Waals surface area contributed by atoms with Crippen molar-refractivity contribution in [2.75, 3.05) is 0 Å². The van der Waals surface area contributed by atoms with Crippen LogP contribution in [0.5, 0.6) is 0 Å². The van der Waals surface area contributed by atoms with Crippen molar-refractivity contribution in [2.24, 2.45) is 22.4 Å². The van der Waals surface area contributed by atoms with Crippen LogP contribution >= 0.6 is 0 Å². The van der Waals surface area contributed by atoms with E-state index < -0.39 is 0 Å². The summed E-state index contributed by atoms with van der Waals surface area (Å²) in [5.74, 6) is 5.37. The fraction of sp³-hybridized carbons (Fsp3) is 0.500. The van der Waals surface area contributed by atoms with E-state index in [1.807, 2.05) is 0 Å². The Balaban J connectivity index is 2.81. The van der Waals surface area contributed by atoms with Crippen LogP contribution < -0.4 is 17.3 Å². The normalized spacial score (nSPS) is 20.2. The van der Waals surface area contributed by atoms with E-state index in [2.05, 4.69) is 5.10 Å². The molecule has 0 fully saturated rings. The van der Waals surface area contributed by atoms with E-state index in [0.717, 1.165) is 30.5 Å². The smallest absolute Gasteiger partial charge is 0.147 e. The van der Waals surface area contributed by atoms with Gasteiger partial charge in [0.05, 0.1) is 0 Å². The van der Waals surface area contributed by atoms with E-state index >= 15 is 0 Å². The highest BCUT2D eigenvalue weighted by atomic mass is 15.2. The molecule has 1 aliphatic rings. The van der Waals surface area contributed by atoms with Gasteiger partial charge in [-0.3, -0.25) is 0 Å². The Morgan fingerprint density at radius 2 is 2.10 bits per heavy atom. The lowest BCUT2D eigenvalue weighted by molar-refractivity contribution is 0.895. The Morgan fingerprint density at radius 3 is 2.50 bits per heavy atom. The van der Waals surface area contributed by atoms with Gasteiger partial charge in [-0.15, -0.1) is 0 Å². The fourth-order valence-electron chi connectivity index (χ4n) is 1.14. The van der Waals surface area contributed by atoms with Gasteiger partial charge in [0.25, 0.3) is 0 Å². The van der Waals surface area contributed by atoms with E-state index in [0.29, 0.717) is 5.84 Å². The van der Waals surface area contributed by atoms with Gasteiger partial charge in [-0.2, -0.15) is 5.10 Å². The molecule has 0 saturated carbocycles. The quantitative estimate of drug-likeness (QED) is 0.200. The van der Waals surface area contributed by atoms with Gasteiger partial charge >= 0.3 is 0 Å². The number of nitrogens with zero attached hydrogens (tertiary/aromatic N) is 1. The molecule has 0 unspecified atom stereocenters. The number of allylic oxidation sites excluding steroid dienone is 1. The van der Waals surface area contributed by atoms with E-state index in [4.69, 9.17) is 17.3 Å². The molecule has 1 rings (SSSR count). The molecule has 0 saturated heterocycles. The van der Waals surface area contributed by atoms with E-state index in [1.54, 1.807) is 0 Å². The van der Waals surface area contributed by atoms with Crippen LogP contribution in [0.4, 0.5) is 0 Å². The molecule has 56 valence electrons. The van der Waals surface area contributed by atoms with Crippen LogP contribution in [0.1, 0.15) is 19.3 Å². The van der Waals surface area contributed by atoms with E-state index in [1.165, 1.54) is 0 Å². The van der Waals surface area contributed by atoms with Gasteiger partial charge < -0.3 is 17.3 Å². The lowest BCUT2D eigenvalue weighted by Gasteiger charge is -1.99. The number of hydrogen-bond donors (Lipinski definition) is 3. The fourth-order valence-corrected chi connectivity index (χ4v) is 1.14. The zero-order valence-electron chi connectivity index (χ0n) is 5.80. The number of hydrogen-bond acceptors (Lipinski definition) is 3. The van der Waals surface area contributed by atoms with Crippen LogP contribution in [0.3, 0.4) is 0 Å². The topological polar surface area (TPSA) is 90.4 Å². The summed E-state index contributed by atoms with van der Waals surface area (Å²) in [5, 5.41) is 3.38. The number of hydrazone groups is 1. The second kappa shape index (κ2) is 2.60. The third kappa shape index (κ3) is 1.05. The highest BCUT2D eigenvalue weighted by molar-refractivity contribution is 5.97. The monoisotopic (exact) mass is 140 g/mol. The van der Waals surface area contributed by atoms with Crippen molar-refractivity contribution in [3.63, 3.8) is 0 Å². The Morgan fingerprint density at radius 1 is 1.40 bits per heavy atom. The predicted octanol–water partition coefficient (Wildman–Crippen LogP) is -0.386. The van der Waals surface area contributed by atoms with Crippen LogP contribution in [0.15, 0.2) is 16.4 Å². The first-order valence-corrected chi connectivity index (χ1v) is 3.27. The molecule has 0 spiro atoms. The zero-order chi connectivity index (χ0) is 7.56. The summed E-state index contributed by atoms with van der Waals surface area (Å²) in [6.07, 6.45) is 2.90. The summed E-state index contributed by atoms with van der Waals surface area (Å²) in [6.45, 7) is 0. The van der Waals surface area contributed by atoms with Crippen LogP contribution in [0.2, 0.25) is 0 Å². The van der Waals surface area contributed by atoms with Crippen LogP contribution in [0.25, 0.3) is 0 Å². The Bertz CT molecular complexity index is 192. The first-order chi connectivity index (χ1) is 4.75. The third-order valence-electron chi connectivity index (χ3n) is 1.71. The molecule has 4 heteroatoms. The molecule has 0 radical (unpaired) electrons. The molecule has 0 heterocycles. The van der Waals surface area contributed by atoms with Gasteiger partial charge in [-0.1, -0.05) is 0 Å². The minimum atomic E-state index is 0.384. The molecule has 0 atom stereocenters. The standard InChI is InChI=1S/C6H12N4/c7-5-3-1-2-4(5)6(8)10-9/h1-3,7,9H2,(H2,8,10). The number of rotatable bonds is 1. The maximum atomic E-state index is 5.62. The van der Waals surface area contributed by atoms with Crippen LogP contribution in [-0.4, -0.2) is 5.84 Å². The lowest BCUT2D eigenvalue weighted by atomic mass is 10.2. The van der Waals surface area contributed by atoms with Gasteiger partial charge in [0.15, 0.2) is 0 Å². The predicted molar refractivity (Wildman–Crippen MR) is 40.9 cm³/mol. The summed E-state index contributed by atoms with van der Waals surface area (Å²) in [6, 6.07) is 0. The Hall–Kier alpha value is -1.19. The van der Waals surface area contributed by atoms with Gasteiger partial charge in [-0.25, -0.2) is 0 Å². The zero-order valence-corrected chi connectivity index (χ0v) is 5.80. The highest BCUT2D eigenvalue weighted by Gasteiger charge is 2.14. The van der Waals surface area contributed by atoms with Gasteiger partial charge in [0.2, 0.25) is 0 Å². The maximum Gasteiger partial charge on any atom is 0.147 e. The molecular weight excluding hydrogens is 128 g/mol. The summed E-state index contributed by atoms with van der Waals surface area (Å²) in [4.78, 5) is 0. The van der Waals surface area contributed by atoms with Crippen molar-refractivity contribution < 1.29 is 0 Å². The molecule has 0 bridgehead atoms. The second-order valence-electron chi connectivity index (χ2n) is 2.37. The van der Waals surface area contributed by atoms with Crippen molar-refractivity contribution in [3.05, 3.63) is 11.3 Å². The molecular formula is C6H12N4. The minimum absolute atomic E-state index is 0.384. The molecule has 0 aromatic rings. The van der Waals surface area contributed by atoms with Crippen molar-refractivity contribution in [3.8, 4) is 0 Å². The lowest BCUT2D eigenvalue weighted by Crippen LogP contribution is -2.18. The molecule has 6 N–H and O–H groups in total. The Labute approximate surface area is 59.8 Å². The molecule has 0 aromatic heterocycles. The van der Waals surface area contributed by atoms with Crippen molar-refractivity contribution in [2.45, 2.75) is 19.3 Å². The SMILES string of the molecule is N/N=C(\N)C1=C(N)CCC1. The van der Waals surface area contributed by atoms with Crippen molar-refractivity contribution in [1.29, 1.82) is 0 Å². The van der Waals surface area contributed by atoms with Gasteiger partial charge in [0, 0.05) is 11.3 Å². The second-order valence-corrected chi connectivity index (χ2v) is 2.37. The molecule has 0 amide bonds. The minimum Gasteiger partial charge on any atom is -0.402 e.